The van der Waals surface area contributed by atoms with Gasteiger partial charge < -0.3 is 14.7 Å². The molecule has 0 atom stereocenters. The number of aryl methyl sites for hydroxylation is 3. The quantitative estimate of drug-likeness (QED) is 0.729. The molecule has 3 aromatic rings. The van der Waals surface area contributed by atoms with Gasteiger partial charge in [-0.15, -0.1) is 11.3 Å². The topological polar surface area (TPSA) is 53.2 Å². The fourth-order valence-corrected chi connectivity index (χ4v) is 3.92. The van der Waals surface area contributed by atoms with E-state index in [9.17, 15) is 0 Å². The van der Waals surface area contributed by atoms with Crippen molar-refractivity contribution in [3.63, 3.8) is 0 Å². The number of hydrogen-bond donors (Lipinski definition) is 2. The molecule has 24 heavy (non-hydrogen) atoms. The molecule has 0 spiro atoms. The van der Waals surface area contributed by atoms with Crippen LogP contribution in [0.15, 0.2) is 23.2 Å². The fraction of sp³-hybridized carbons (Fsp3) is 0.211. The second-order valence-corrected chi connectivity index (χ2v) is 7.35. The van der Waals surface area contributed by atoms with Crippen molar-refractivity contribution >= 4 is 29.2 Å². The van der Waals surface area contributed by atoms with Gasteiger partial charge in [-0.2, -0.15) is 0 Å². The third-order valence-electron chi connectivity index (χ3n) is 4.16. The van der Waals surface area contributed by atoms with E-state index >= 15 is 0 Å². The maximum Gasteiger partial charge on any atom is 0.144 e. The van der Waals surface area contributed by atoms with Crippen molar-refractivity contribution in [2.45, 2.75) is 20.8 Å². The molecular weight excluding hydrogens is 318 g/mol. The van der Waals surface area contributed by atoms with Crippen molar-refractivity contribution in [2.24, 2.45) is 4.99 Å². The minimum atomic E-state index is 0.819. The SMILES string of the molecule is COc1c/c(=C2\C=c3cc(C)sc3=N2)[nH]/c1=C\c1[nH]c(C)cc1C. The molecule has 0 aliphatic carbocycles. The highest BCUT2D eigenvalue weighted by atomic mass is 32.1. The summed E-state index contributed by atoms with van der Waals surface area (Å²) < 4.78 is 6.62. The lowest BCUT2D eigenvalue weighted by Crippen LogP contribution is -2.12. The third kappa shape index (κ3) is 2.51. The zero-order valence-electron chi connectivity index (χ0n) is 14.2. The van der Waals surface area contributed by atoms with Crippen LogP contribution in [-0.4, -0.2) is 17.1 Å². The summed E-state index contributed by atoms with van der Waals surface area (Å²) in [4.78, 5) is 12.8. The Hall–Kier alpha value is -2.53. The van der Waals surface area contributed by atoms with Crippen LogP contribution in [0.4, 0.5) is 0 Å². The van der Waals surface area contributed by atoms with Crippen molar-refractivity contribution in [1.82, 2.24) is 9.97 Å². The lowest BCUT2D eigenvalue weighted by atomic mass is 10.2. The molecule has 0 aromatic carbocycles. The third-order valence-corrected chi connectivity index (χ3v) is 5.12. The molecule has 0 saturated heterocycles. The number of fused-ring (bicyclic) bond motifs is 1. The molecule has 122 valence electrons. The standard InChI is InChI=1S/C19H19N3OS/c1-10-5-11(2)20-14(10)8-17-18(23-4)9-16(21-17)15-7-13-6-12(3)24-19(13)22-15/h5-9,20-21H,1-4H3/b16-15-,17-8-. The van der Waals surface area contributed by atoms with Crippen LogP contribution in [0.5, 0.6) is 5.75 Å². The van der Waals surface area contributed by atoms with Gasteiger partial charge in [-0.05, 0) is 50.6 Å². The summed E-state index contributed by atoms with van der Waals surface area (Å²) in [5.41, 5.74) is 4.41. The van der Waals surface area contributed by atoms with Crippen LogP contribution < -0.4 is 25.3 Å². The van der Waals surface area contributed by atoms with Gasteiger partial charge in [0.15, 0.2) is 0 Å². The highest BCUT2D eigenvalue weighted by molar-refractivity contribution is 7.09. The highest BCUT2D eigenvalue weighted by Crippen LogP contribution is 2.11. The van der Waals surface area contributed by atoms with Crippen molar-refractivity contribution in [1.29, 1.82) is 0 Å². The van der Waals surface area contributed by atoms with E-state index in [0.717, 1.165) is 38.2 Å². The van der Waals surface area contributed by atoms with E-state index < -0.39 is 0 Å². The first-order valence-electron chi connectivity index (χ1n) is 7.85. The Kier molecular flexibility index (Phi) is 3.46. The van der Waals surface area contributed by atoms with Gasteiger partial charge in [0.2, 0.25) is 0 Å². The van der Waals surface area contributed by atoms with E-state index in [1.54, 1.807) is 18.4 Å². The summed E-state index contributed by atoms with van der Waals surface area (Å²) in [6.45, 7) is 6.27. The molecular formula is C19H19N3OS. The second kappa shape index (κ2) is 5.53. The predicted octanol–water partition coefficient (Wildman–Crippen LogP) is 1.39. The second-order valence-electron chi connectivity index (χ2n) is 6.12. The Balaban J connectivity index is 1.90. The molecule has 0 unspecified atom stereocenters. The smallest absolute Gasteiger partial charge is 0.144 e. The summed E-state index contributed by atoms with van der Waals surface area (Å²) in [6.07, 6.45) is 4.21. The molecule has 3 aromatic heterocycles. The van der Waals surface area contributed by atoms with Gasteiger partial charge in [0.25, 0.3) is 0 Å². The Morgan fingerprint density at radius 3 is 2.62 bits per heavy atom. The van der Waals surface area contributed by atoms with Crippen LogP contribution in [-0.2, 0) is 0 Å². The molecule has 0 saturated carbocycles. The maximum absolute atomic E-state index is 5.54. The molecule has 1 aliphatic heterocycles. The molecule has 0 amide bonds. The Morgan fingerprint density at radius 1 is 1.12 bits per heavy atom. The monoisotopic (exact) mass is 337 g/mol. The van der Waals surface area contributed by atoms with Crippen molar-refractivity contribution in [3.8, 4) is 5.75 Å². The average molecular weight is 337 g/mol. The first-order chi connectivity index (χ1) is 11.5. The lowest BCUT2D eigenvalue weighted by Gasteiger charge is -1.94. The van der Waals surface area contributed by atoms with Crippen molar-refractivity contribution < 1.29 is 4.74 Å². The lowest BCUT2D eigenvalue weighted by molar-refractivity contribution is 0.412. The first-order valence-corrected chi connectivity index (χ1v) is 8.67. The zero-order chi connectivity index (χ0) is 16.8. The summed E-state index contributed by atoms with van der Waals surface area (Å²) in [5.74, 6) is 0.819. The number of ether oxygens (including phenoxy) is 1. The molecule has 4 rings (SSSR count). The van der Waals surface area contributed by atoms with E-state index in [1.807, 2.05) is 6.07 Å². The molecule has 4 nitrogen and oxygen atoms in total. The van der Waals surface area contributed by atoms with Gasteiger partial charge in [-0.3, -0.25) is 0 Å². The van der Waals surface area contributed by atoms with Crippen LogP contribution in [0.3, 0.4) is 0 Å². The minimum absolute atomic E-state index is 0.819. The van der Waals surface area contributed by atoms with Crippen molar-refractivity contribution in [2.75, 3.05) is 7.11 Å². The number of aromatic nitrogens is 2. The fourth-order valence-electron chi connectivity index (χ4n) is 3.05. The molecule has 0 radical (unpaired) electrons. The Bertz CT molecular complexity index is 1140. The summed E-state index contributed by atoms with van der Waals surface area (Å²) in [5, 5.41) is 3.11. The average Bonchev–Trinajstić information content (AvgIpc) is 3.23. The molecule has 1 aliphatic rings. The normalized spacial score (nSPS) is 16.1. The number of nitrogens with zero attached hydrogens (tertiary/aromatic N) is 1. The van der Waals surface area contributed by atoms with Crippen LogP contribution in [0, 0.1) is 20.8 Å². The van der Waals surface area contributed by atoms with E-state index in [2.05, 4.69) is 55.0 Å². The number of rotatable bonds is 2. The number of hydrogen-bond acceptors (Lipinski definition) is 3. The number of nitrogens with one attached hydrogen (secondary N) is 2. The van der Waals surface area contributed by atoms with Crippen LogP contribution in [0.2, 0.25) is 0 Å². The van der Waals surface area contributed by atoms with E-state index in [1.165, 1.54) is 15.7 Å². The van der Waals surface area contributed by atoms with E-state index in [4.69, 9.17) is 9.73 Å². The van der Waals surface area contributed by atoms with E-state index in [-0.39, 0.29) is 0 Å². The van der Waals surface area contributed by atoms with Gasteiger partial charge in [0.1, 0.15) is 10.4 Å². The number of methoxy groups -OCH3 is 1. The number of H-pyrrole nitrogens is 2. The largest absolute Gasteiger partial charge is 0.494 e. The summed E-state index contributed by atoms with van der Waals surface area (Å²) in [6, 6.07) is 6.32. The zero-order valence-corrected chi connectivity index (χ0v) is 15.0. The summed E-state index contributed by atoms with van der Waals surface area (Å²) >= 11 is 1.72. The van der Waals surface area contributed by atoms with Gasteiger partial charge in [-0.1, -0.05) is 0 Å². The van der Waals surface area contributed by atoms with Crippen LogP contribution in [0.1, 0.15) is 21.8 Å². The molecule has 0 bridgehead atoms. The number of thiophene rings is 1. The summed E-state index contributed by atoms with van der Waals surface area (Å²) in [7, 11) is 1.69. The maximum atomic E-state index is 5.54. The van der Waals surface area contributed by atoms with Crippen LogP contribution >= 0.6 is 11.3 Å². The molecule has 4 heterocycles. The van der Waals surface area contributed by atoms with Gasteiger partial charge in [0, 0.05) is 27.6 Å². The first kappa shape index (κ1) is 15.0. The number of aromatic amines is 2. The Morgan fingerprint density at radius 2 is 1.96 bits per heavy atom. The Labute approximate surface area is 143 Å². The van der Waals surface area contributed by atoms with Crippen molar-refractivity contribution in [3.05, 3.63) is 60.6 Å². The molecule has 5 heteroatoms. The van der Waals surface area contributed by atoms with E-state index in [0.29, 0.717) is 0 Å². The molecule has 2 N–H and O–H groups in total. The van der Waals surface area contributed by atoms with Gasteiger partial charge >= 0.3 is 0 Å². The highest BCUT2D eigenvalue weighted by Gasteiger charge is 2.08. The van der Waals surface area contributed by atoms with Gasteiger partial charge in [-0.25, -0.2) is 4.99 Å². The minimum Gasteiger partial charge on any atom is -0.494 e. The molecule has 0 fully saturated rings. The predicted molar refractivity (Wildman–Crippen MR) is 98.1 cm³/mol. The van der Waals surface area contributed by atoms with Gasteiger partial charge in [0.05, 0.1) is 23.5 Å². The van der Waals surface area contributed by atoms with Crippen LogP contribution in [0.25, 0.3) is 17.8 Å².